The van der Waals surface area contributed by atoms with E-state index in [1.807, 2.05) is 13.0 Å². The van der Waals surface area contributed by atoms with E-state index in [2.05, 4.69) is 20.3 Å². The van der Waals surface area contributed by atoms with E-state index >= 15 is 0 Å². The second-order valence-corrected chi connectivity index (χ2v) is 3.40. The first-order valence-corrected chi connectivity index (χ1v) is 5.30. The summed E-state index contributed by atoms with van der Waals surface area (Å²) in [7, 11) is 0. The molecule has 1 N–H and O–H groups in total. The third kappa shape index (κ3) is 2.46. The van der Waals surface area contributed by atoms with Gasteiger partial charge in [0.15, 0.2) is 0 Å². The summed E-state index contributed by atoms with van der Waals surface area (Å²) in [6.45, 7) is 3.69. The molecule has 0 aliphatic rings. The SMILES string of the molecule is CCNCc1cnc(-n2ccnc2C#N)nc1. The molecule has 0 atom stereocenters. The summed E-state index contributed by atoms with van der Waals surface area (Å²) in [4.78, 5) is 12.3. The van der Waals surface area contributed by atoms with Crippen LogP contribution in [-0.4, -0.2) is 26.1 Å². The van der Waals surface area contributed by atoms with Gasteiger partial charge in [0.1, 0.15) is 6.07 Å². The van der Waals surface area contributed by atoms with Crippen LogP contribution in [0.3, 0.4) is 0 Å². The van der Waals surface area contributed by atoms with E-state index in [0.717, 1.165) is 18.7 Å². The van der Waals surface area contributed by atoms with Crippen molar-refractivity contribution in [2.24, 2.45) is 0 Å². The van der Waals surface area contributed by atoms with Crippen LogP contribution in [0.1, 0.15) is 18.3 Å². The fraction of sp³-hybridized carbons (Fsp3) is 0.273. The van der Waals surface area contributed by atoms with Crippen molar-refractivity contribution in [3.8, 4) is 12.0 Å². The molecule has 6 nitrogen and oxygen atoms in total. The molecule has 0 aromatic carbocycles. The number of rotatable bonds is 4. The lowest BCUT2D eigenvalue weighted by atomic mass is 10.3. The zero-order valence-corrected chi connectivity index (χ0v) is 9.46. The van der Waals surface area contributed by atoms with Crippen molar-refractivity contribution >= 4 is 0 Å². The number of hydrogen-bond donors (Lipinski definition) is 1. The van der Waals surface area contributed by atoms with Gasteiger partial charge in [-0.25, -0.2) is 15.0 Å². The monoisotopic (exact) mass is 228 g/mol. The molecule has 0 aliphatic carbocycles. The van der Waals surface area contributed by atoms with Gasteiger partial charge in [-0.3, -0.25) is 4.57 Å². The van der Waals surface area contributed by atoms with Crippen molar-refractivity contribution < 1.29 is 0 Å². The molecule has 0 amide bonds. The van der Waals surface area contributed by atoms with Crippen LogP contribution in [0.5, 0.6) is 0 Å². The van der Waals surface area contributed by atoms with E-state index in [1.165, 1.54) is 0 Å². The van der Waals surface area contributed by atoms with Crippen LogP contribution in [0.25, 0.3) is 5.95 Å². The predicted molar refractivity (Wildman–Crippen MR) is 61.2 cm³/mol. The molecule has 2 rings (SSSR count). The van der Waals surface area contributed by atoms with Crippen LogP contribution in [0.15, 0.2) is 24.8 Å². The number of imidazole rings is 1. The van der Waals surface area contributed by atoms with E-state index in [1.54, 1.807) is 29.4 Å². The Hall–Kier alpha value is -2.26. The van der Waals surface area contributed by atoms with E-state index in [4.69, 9.17) is 5.26 Å². The molecule has 0 saturated carbocycles. The van der Waals surface area contributed by atoms with Crippen LogP contribution in [0, 0.1) is 11.3 Å². The standard InChI is InChI=1S/C11H12N6/c1-2-13-6-9-7-15-11(16-8-9)17-4-3-14-10(17)5-12/h3-4,7-8,13H,2,6H2,1H3. The smallest absolute Gasteiger partial charge is 0.235 e. The Morgan fingerprint density at radius 1 is 1.35 bits per heavy atom. The van der Waals surface area contributed by atoms with Gasteiger partial charge in [0.05, 0.1) is 0 Å². The Kier molecular flexibility index (Phi) is 3.43. The Balaban J connectivity index is 2.21. The minimum Gasteiger partial charge on any atom is -0.313 e. The fourth-order valence-corrected chi connectivity index (χ4v) is 1.38. The highest BCUT2D eigenvalue weighted by atomic mass is 15.2. The third-order valence-electron chi connectivity index (χ3n) is 2.23. The summed E-state index contributed by atoms with van der Waals surface area (Å²) in [6, 6.07) is 1.98. The van der Waals surface area contributed by atoms with Crippen molar-refractivity contribution in [2.45, 2.75) is 13.5 Å². The average Bonchev–Trinajstić information content (AvgIpc) is 2.85. The molecule has 2 aromatic heterocycles. The lowest BCUT2D eigenvalue weighted by Gasteiger charge is -2.03. The molecule has 0 fully saturated rings. The predicted octanol–water partition coefficient (Wildman–Crippen LogP) is 0.643. The Labute approximate surface area is 99.0 Å². The molecule has 86 valence electrons. The summed E-state index contributed by atoms with van der Waals surface area (Å²) in [6.07, 6.45) is 6.70. The van der Waals surface area contributed by atoms with Crippen LogP contribution in [0.2, 0.25) is 0 Å². The molecular formula is C11H12N6. The highest BCUT2D eigenvalue weighted by Gasteiger charge is 2.05. The second-order valence-electron chi connectivity index (χ2n) is 3.40. The maximum absolute atomic E-state index is 8.84. The normalized spacial score (nSPS) is 10.1. The van der Waals surface area contributed by atoms with Crippen LogP contribution in [0.4, 0.5) is 0 Å². The Bertz CT molecular complexity index is 522. The van der Waals surface area contributed by atoms with Gasteiger partial charge in [-0.1, -0.05) is 6.92 Å². The summed E-state index contributed by atoms with van der Waals surface area (Å²) in [5.41, 5.74) is 1.01. The van der Waals surface area contributed by atoms with Crippen LogP contribution < -0.4 is 5.32 Å². The summed E-state index contributed by atoms with van der Waals surface area (Å²) in [5.74, 6) is 0.740. The molecule has 0 saturated heterocycles. The topological polar surface area (TPSA) is 79.4 Å². The fourth-order valence-electron chi connectivity index (χ4n) is 1.38. The third-order valence-corrected chi connectivity index (χ3v) is 2.23. The first-order valence-electron chi connectivity index (χ1n) is 5.30. The molecule has 0 aliphatic heterocycles. The zero-order chi connectivity index (χ0) is 12.1. The van der Waals surface area contributed by atoms with Gasteiger partial charge in [0.25, 0.3) is 0 Å². The number of nitriles is 1. The van der Waals surface area contributed by atoms with Crippen molar-refractivity contribution in [1.82, 2.24) is 24.8 Å². The molecule has 17 heavy (non-hydrogen) atoms. The summed E-state index contributed by atoms with van der Waals surface area (Å²) in [5, 5.41) is 12.0. The minimum absolute atomic E-state index is 0.282. The van der Waals surface area contributed by atoms with Crippen molar-refractivity contribution in [1.29, 1.82) is 5.26 Å². The molecule has 0 radical (unpaired) electrons. The molecule has 0 unspecified atom stereocenters. The largest absolute Gasteiger partial charge is 0.313 e. The lowest BCUT2D eigenvalue weighted by molar-refractivity contribution is 0.719. The van der Waals surface area contributed by atoms with E-state index in [-0.39, 0.29) is 5.82 Å². The molecule has 0 bridgehead atoms. The van der Waals surface area contributed by atoms with E-state index in [0.29, 0.717) is 5.95 Å². The number of hydrogen-bond acceptors (Lipinski definition) is 5. The summed E-state index contributed by atoms with van der Waals surface area (Å²) < 4.78 is 1.55. The van der Waals surface area contributed by atoms with Gasteiger partial charge in [-0.15, -0.1) is 0 Å². The quantitative estimate of drug-likeness (QED) is 0.830. The Morgan fingerprint density at radius 2 is 2.12 bits per heavy atom. The maximum Gasteiger partial charge on any atom is 0.235 e. The number of aromatic nitrogens is 4. The van der Waals surface area contributed by atoms with Crippen LogP contribution in [-0.2, 0) is 6.54 Å². The lowest BCUT2D eigenvalue weighted by Crippen LogP contribution is -2.12. The van der Waals surface area contributed by atoms with Gasteiger partial charge in [-0.05, 0) is 6.54 Å². The maximum atomic E-state index is 8.84. The van der Waals surface area contributed by atoms with Gasteiger partial charge in [0, 0.05) is 36.9 Å². The Morgan fingerprint density at radius 3 is 2.76 bits per heavy atom. The van der Waals surface area contributed by atoms with Crippen LogP contribution >= 0.6 is 0 Å². The average molecular weight is 228 g/mol. The zero-order valence-electron chi connectivity index (χ0n) is 9.46. The van der Waals surface area contributed by atoms with Crippen molar-refractivity contribution in [2.75, 3.05) is 6.54 Å². The first kappa shape index (κ1) is 11.2. The molecule has 2 aromatic rings. The second kappa shape index (κ2) is 5.18. The van der Waals surface area contributed by atoms with E-state index < -0.39 is 0 Å². The number of nitrogens with zero attached hydrogens (tertiary/aromatic N) is 5. The van der Waals surface area contributed by atoms with Crippen molar-refractivity contribution in [3.63, 3.8) is 0 Å². The number of nitrogens with one attached hydrogen (secondary N) is 1. The van der Waals surface area contributed by atoms with Gasteiger partial charge < -0.3 is 5.32 Å². The minimum atomic E-state index is 0.282. The molecular weight excluding hydrogens is 216 g/mol. The van der Waals surface area contributed by atoms with E-state index in [9.17, 15) is 0 Å². The highest BCUT2D eigenvalue weighted by Crippen LogP contribution is 2.04. The highest BCUT2D eigenvalue weighted by molar-refractivity contribution is 5.23. The van der Waals surface area contributed by atoms with Gasteiger partial charge in [-0.2, -0.15) is 5.26 Å². The summed E-state index contributed by atoms with van der Waals surface area (Å²) >= 11 is 0. The van der Waals surface area contributed by atoms with Gasteiger partial charge >= 0.3 is 0 Å². The molecule has 0 spiro atoms. The molecule has 6 heteroatoms. The molecule has 2 heterocycles. The van der Waals surface area contributed by atoms with Gasteiger partial charge in [0.2, 0.25) is 11.8 Å². The van der Waals surface area contributed by atoms with Crippen molar-refractivity contribution in [3.05, 3.63) is 36.2 Å². The first-order chi connectivity index (χ1) is 8.35.